The Hall–Kier alpha value is -2.09. The summed E-state index contributed by atoms with van der Waals surface area (Å²) in [7, 11) is 0. The van der Waals surface area contributed by atoms with E-state index in [9.17, 15) is 9.90 Å². The lowest BCUT2D eigenvalue weighted by Gasteiger charge is -2.46. The summed E-state index contributed by atoms with van der Waals surface area (Å²) in [6, 6.07) is 6.42. The van der Waals surface area contributed by atoms with Crippen LogP contribution in [0.1, 0.15) is 56.7 Å². The normalized spacial score (nSPS) is 29.2. The van der Waals surface area contributed by atoms with E-state index >= 15 is 0 Å². The van der Waals surface area contributed by atoms with Gasteiger partial charge in [-0.25, -0.2) is 4.98 Å². The number of aryl methyl sites for hydroxylation is 1. The predicted molar refractivity (Wildman–Crippen MR) is 144 cm³/mol. The van der Waals surface area contributed by atoms with E-state index in [1.807, 2.05) is 32.9 Å². The number of carboxylic acid groups (broad SMARTS) is 1. The number of aliphatic carboxylic acids is 1. The molecule has 2 N–H and O–H groups in total. The number of carbonyl (C=O) groups is 1. The Bertz CT molecular complexity index is 1140. The molecule has 0 spiro atoms. The van der Waals surface area contributed by atoms with Gasteiger partial charge in [0.15, 0.2) is 5.82 Å². The van der Waals surface area contributed by atoms with Crippen LogP contribution < -0.4 is 10.2 Å². The minimum atomic E-state index is -0.658. The SMILES string of the molecule is Cc1ccc([C@@H](C)Nc2nc(N3CCC(C4CCN(C5CC(C)(C(=O)O)C5)C4)C3)ncc2Cl)c(Cl)c1. The Morgan fingerprint density at radius 3 is 2.61 bits per heavy atom. The van der Waals surface area contributed by atoms with Gasteiger partial charge in [0, 0.05) is 30.7 Å². The highest BCUT2D eigenvalue weighted by atomic mass is 35.5. The third kappa shape index (κ3) is 5.02. The topological polar surface area (TPSA) is 81.6 Å². The molecular formula is C27H35Cl2N5O2. The van der Waals surface area contributed by atoms with Crippen LogP contribution in [0.15, 0.2) is 24.4 Å². The van der Waals surface area contributed by atoms with Crippen molar-refractivity contribution in [3.05, 3.63) is 45.6 Å². The van der Waals surface area contributed by atoms with Crippen molar-refractivity contribution in [1.82, 2.24) is 14.9 Å². The van der Waals surface area contributed by atoms with Crippen LogP contribution in [0.2, 0.25) is 10.0 Å². The number of halogens is 2. The van der Waals surface area contributed by atoms with Crippen molar-refractivity contribution in [2.24, 2.45) is 17.3 Å². The van der Waals surface area contributed by atoms with Gasteiger partial charge in [-0.2, -0.15) is 4.98 Å². The zero-order chi connectivity index (χ0) is 25.6. The van der Waals surface area contributed by atoms with Gasteiger partial charge in [0.1, 0.15) is 5.02 Å². The number of benzene rings is 1. The first-order valence-electron chi connectivity index (χ1n) is 12.9. The summed E-state index contributed by atoms with van der Waals surface area (Å²) in [5.41, 5.74) is 1.59. The van der Waals surface area contributed by atoms with Crippen LogP contribution in [0.3, 0.4) is 0 Å². The first kappa shape index (κ1) is 25.6. The molecule has 1 saturated carbocycles. The van der Waals surface area contributed by atoms with Gasteiger partial charge >= 0.3 is 5.97 Å². The number of rotatable bonds is 7. The molecule has 3 heterocycles. The molecule has 1 aromatic carbocycles. The molecule has 36 heavy (non-hydrogen) atoms. The van der Waals surface area contributed by atoms with Gasteiger partial charge in [-0.05, 0) is 82.0 Å². The Morgan fingerprint density at radius 1 is 1.17 bits per heavy atom. The Balaban J connectivity index is 1.19. The molecule has 0 amide bonds. The number of hydrogen-bond donors (Lipinski definition) is 2. The van der Waals surface area contributed by atoms with Gasteiger partial charge in [0.2, 0.25) is 5.95 Å². The molecule has 9 heteroatoms. The molecule has 3 atom stereocenters. The zero-order valence-electron chi connectivity index (χ0n) is 21.2. The van der Waals surface area contributed by atoms with Crippen LogP contribution in [0.25, 0.3) is 0 Å². The number of hydrogen-bond acceptors (Lipinski definition) is 6. The number of aromatic nitrogens is 2. The van der Waals surface area contributed by atoms with Gasteiger partial charge in [-0.1, -0.05) is 35.3 Å². The average molecular weight is 533 g/mol. The summed E-state index contributed by atoms with van der Waals surface area (Å²) in [6.45, 7) is 9.97. The minimum absolute atomic E-state index is 0.0522. The maximum absolute atomic E-state index is 11.5. The Morgan fingerprint density at radius 2 is 1.89 bits per heavy atom. The van der Waals surface area contributed by atoms with E-state index in [1.54, 1.807) is 6.20 Å². The number of nitrogens with zero attached hydrogens (tertiary/aromatic N) is 4. The van der Waals surface area contributed by atoms with Crippen molar-refractivity contribution >= 4 is 40.9 Å². The van der Waals surface area contributed by atoms with Crippen molar-refractivity contribution in [3.8, 4) is 0 Å². The smallest absolute Gasteiger partial charge is 0.309 e. The molecule has 1 aliphatic carbocycles. The standard InChI is InChI=1S/C27H35Cl2N5O2/c1-16-4-5-21(22(28)10-16)17(2)31-24-23(29)13-30-26(32-24)34-9-7-19(15-34)18-6-8-33(14-18)20-11-27(3,12-20)25(35)36/h4-5,10,13,17-20H,6-9,11-12,14-15H2,1-3H3,(H,35,36)(H,30,31,32)/t17-,18?,19?,20?,27?/m1/s1. The fourth-order valence-corrected chi connectivity index (χ4v) is 6.72. The molecule has 0 bridgehead atoms. The quantitative estimate of drug-likeness (QED) is 0.476. The molecular weight excluding hydrogens is 497 g/mol. The van der Waals surface area contributed by atoms with E-state index < -0.39 is 11.4 Å². The molecule has 194 valence electrons. The zero-order valence-corrected chi connectivity index (χ0v) is 22.7. The average Bonchev–Trinajstić information content (AvgIpc) is 3.48. The fraction of sp³-hybridized carbons (Fsp3) is 0.593. The second-order valence-electron chi connectivity index (χ2n) is 11.2. The van der Waals surface area contributed by atoms with E-state index in [2.05, 4.69) is 26.2 Å². The molecule has 2 saturated heterocycles. The van der Waals surface area contributed by atoms with Crippen molar-refractivity contribution in [2.45, 2.75) is 58.5 Å². The number of carboxylic acids is 1. The van der Waals surface area contributed by atoms with E-state index in [0.717, 1.165) is 61.6 Å². The van der Waals surface area contributed by atoms with Crippen molar-refractivity contribution in [1.29, 1.82) is 0 Å². The van der Waals surface area contributed by atoms with Crippen molar-refractivity contribution < 1.29 is 9.90 Å². The Labute approximate surface area is 223 Å². The highest BCUT2D eigenvalue weighted by Gasteiger charge is 2.50. The molecule has 2 aromatic rings. The summed E-state index contributed by atoms with van der Waals surface area (Å²) in [6.07, 6.45) is 5.53. The molecule has 5 rings (SSSR count). The van der Waals surface area contributed by atoms with E-state index in [-0.39, 0.29) is 6.04 Å². The summed E-state index contributed by atoms with van der Waals surface area (Å²) >= 11 is 12.9. The van der Waals surface area contributed by atoms with E-state index in [0.29, 0.717) is 34.7 Å². The summed E-state index contributed by atoms with van der Waals surface area (Å²) in [4.78, 5) is 25.6. The lowest BCUT2D eigenvalue weighted by Crippen LogP contribution is -2.52. The van der Waals surface area contributed by atoms with Crippen LogP contribution in [-0.2, 0) is 4.79 Å². The molecule has 7 nitrogen and oxygen atoms in total. The number of anilines is 2. The second kappa shape index (κ2) is 9.99. The van der Waals surface area contributed by atoms with Crippen molar-refractivity contribution in [3.63, 3.8) is 0 Å². The first-order chi connectivity index (χ1) is 17.1. The van der Waals surface area contributed by atoms with Gasteiger partial charge in [-0.15, -0.1) is 0 Å². The van der Waals surface area contributed by atoms with Crippen LogP contribution in [-0.4, -0.2) is 58.2 Å². The first-order valence-corrected chi connectivity index (χ1v) is 13.7. The second-order valence-corrected chi connectivity index (χ2v) is 12.0. The predicted octanol–water partition coefficient (Wildman–Crippen LogP) is 5.67. The van der Waals surface area contributed by atoms with Crippen LogP contribution in [0.4, 0.5) is 11.8 Å². The molecule has 2 aliphatic heterocycles. The van der Waals surface area contributed by atoms with Crippen LogP contribution in [0, 0.1) is 24.2 Å². The summed E-state index contributed by atoms with van der Waals surface area (Å²) < 4.78 is 0. The summed E-state index contributed by atoms with van der Waals surface area (Å²) in [5.74, 6) is 1.90. The third-order valence-corrected chi connectivity index (χ3v) is 9.15. The number of nitrogens with one attached hydrogen (secondary N) is 1. The minimum Gasteiger partial charge on any atom is -0.481 e. The molecule has 2 unspecified atom stereocenters. The van der Waals surface area contributed by atoms with E-state index in [4.69, 9.17) is 28.2 Å². The maximum atomic E-state index is 11.5. The van der Waals surface area contributed by atoms with Gasteiger partial charge in [0.25, 0.3) is 0 Å². The lowest BCUT2D eigenvalue weighted by molar-refractivity contribution is -0.157. The molecule has 1 aromatic heterocycles. The van der Waals surface area contributed by atoms with Crippen molar-refractivity contribution in [2.75, 3.05) is 36.4 Å². The maximum Gasteiger partial charge on any atom is 0.309 e. The largest absolute Gasteiger partial charge is 0.481 e. The highest BCUT2D eigenvalue weighted by molar-refractivity contribution is 6.33. The van der Waals surface area contributed by atoms with Gasteiger partial charge in [0.05, 0.1) is 17.7 Å². The third-order valence-electron chi connectivity index (χ3n) is 8.54. The fourth-order valence-electron chi connectivity index (χ4n) is 6.18. The highest BCUT2D eigenvalue weighted by Crippen LogP contribution is 2.46. The number of likely N-dealkylation sites (tertiary alicyclic amines) is 1. The summed E-state index contributed by atoms with van der Waals surface area (Å²) in [5, 5.41) is 14.1. The van der Waals surface area contributed by atoms with Crippen LogP contribution in [0.5, 0.6) is 0 Å². The van der Waals surface area contributed by atoms with Gasteiger partial charge in [-0.3, -0.25) is 4.79 Å². The monoisotopic (exact) mass is 531 g/mol. The van der Waals surface area contributed by atoms with Crippen LogP contribution >= 0.6 is 23.2 Å². The van der Waals surface area contributed by atoms with Gasteiger partial charge < -0.3 is 20.2 Å². The van der Waals surface area contributed by atoms with E-state index in [1.165, 1.54) is 6.42 Å². The Kier molecular flexibility index (Phi) is 7.09. The molecule has 3 fully saturated rings. The molecule has 3 aliphatic rings. The lowest BCUT2D eigenvalue weighted by atomic mass is 9.66. The molecule has 0 radical (unpaired) electrons.